The number of amides is 4. The Balaban J connectivity index is 2.91. The van der Waals surface area contributed by atoms with Crippen molar-refractivity contribution in [1.29, 1.82) is 0 Å². The first-order valence-corrected chi connectivity index (χ1v) is 4.25. The zero-order chi connectivity index (χ0) is 12.3. The Labute approximate surface area is 89.9 Å². The fourth-order valence-electron chi connectivity index (χ4n) is 1.13. The number of primary amides is 2. The highest BCUT2D eigenvalue weighted by atomic mass is 16.3. The fourth-order valence-corrected chi connectivity index (χ4v) is 1.13. The van der Waals surface area contributed by atoms with Gasteiger partial charge in [0.15, 0.2) is 5.41 Å². The van der Waals surface area contributed by atoms with E-state index in [9.17, 15) is 14.4 Å². The molecule has 1 atom stereocenters. The van der Waals surface area contributed by atoms with Gasteiger partial charge in [0.05, 0.1) is 13.2 Å². The summed E-state index contributed by atoms with van der Waals surface area (Å²) < 4.78 is 0. The van der Waals surface area contributed by atoms with Crippen molar-refractivity contribution >= 4 is 23.8 Å². The van der Waals surface area contributed by atoms with Crippen molar-refractivity contribution in [3.8, 4) is 0 Å². The number of nitrogens with two attached hydrogens (primary N) is 2. The van der Waals surface area contributed by atoms with Crippen LogP contribution in [0.4, 0.5) is 4.79 Å². The lowest BCUT2D eigenvalue weighted by Gasteiger charge is -2.29. The normalized spacial score (nSPS) is 24.3. The Kier molecular flexibility index (Phi) is 3.09. The molecule has 0 unspecified atom stereocenters. The van der Waals surface area contributed by atoms with Crippen molar-refractivity contribution in [2.75, 3.05) is 13.2 Å². The maximum atomic E-state index is 11.5. The van der Waals surface area contributed by atoms with Gasteiger partial charge in [-0.25, -0.2) is 4.79 Å². The van der Waals surface area contributed by atoms with Gasteiger partial charge >= 0.3 is 6.03 Å². The molecule has 0 aliphatic carbocycles. The first kappa shape index (κ1) is 11.9. The Bertz CT molecular complexity index is 379. The molecule has 1 aliphatic heterocycles. The summed E-state index contributed by atoms with van der Waals surface area (Å²) in [6.07, 6.45) is 0. The largest absolute Gasteiger partial charge is 0.395 e. The van der Waals surface area contributed by atoms with Gasteiger partial charge in [0.2, 0.25) is 17.8 Å². The van der Waals surface area contributed by atoms with E-state index in [1.165, 1.54) is 0 Å². The highest BCUT2D eigenvalue weighted by Crippen LogP contribution is 2.19. The minimum atomic E-state index is -1.79. The molecule has 0 fully saturated rings. The quantitative estimate of drug-likeness (QED) is 0.312. The maximum Gasteiger partial charge on any atom is 0.318 e. The second kappa shape index (κ2) is 4.14. The fraction of sp³-hybridized carbons (Fsp3) is 0.429. The zero-order valence-electron chi connectivity index (χ0n) is 8.19. The molecule has 0 aromatic carbocycles. The summed E-state index contributed by atoms with van der Waals surface area (Å²) >= 11 is 0. The third-order valence-corrected chi connectivity index (χ3v) is 2.16. The molecule has 0 radical (unpaired) electrons. The van der Waals surface area contributed by atoms with Crippen molar-refractivity contribution < 1.29 is 19.5 Å². The number of nitrogens with one attached hydrogen (secondary N) is 2. The zero-order valence-corrected chi connectivity index (χ0v) is 8.19. The summed E-state index contributed by atoms with van der Waals surface area (Å²) in [6.45, 7) is -1.11. The molecule has 16 heavy (non-hydrogen) atoms. The summed E-state index contributed by atoms with van der Waals surface area (Å²) in [4.78, 5) is 36.8. The summed E-state index contributed by atoms with van der Waals surface area (Å²) in [5, 5.41) is 13.2. The van der Waals surface area contributed by atoms with Crippen LogP contribution in [0.3, 0.4) is 0 Å². The van der Waals surface area contributed by atoms with Crippen LogP contribution in [0.15, 0.2) is 4.99 Å². The van der Waals surface area contributed by atoms with Gasteiger partial charge in [0.25, 0.3) is 0 Å². The minimum Gasteiger partial charge on any atom is -0.395 e. The van der Waals surface area contributed by atoms with Crippen LogP contribution in [-0.4, -0.2) is 42.1 Å². The van der Waals surface area contributed by atoms with E-state index < -0.39 is 29.9 Å². The van der Waals surface area contributed by atoms with Gasteiger partial charge in [0.1, 0.15) is 0 Å². The number of aliphatic hydroxyl groups excluding tert-OH is 1. The highest BCUT2D eigenvalue weighted by molar-refractivity contribution is 6.14. The lowest BCUT2D eigenvalue weighted by atomic mass is 9.86. The van der Waals surface area contributed by atoms with E-state index in [0.717, 1.165) is 0 Å². The third kappa shape index (κ3) is 1.93. The highest BCUT2D eigenvalue weighted by Gasteiger charge is 2.46. The summed E-state index contributed by atoms with van der Waals surface area (Å²) in [6, 6.07) is -0.908. The second-order valence-corrected chi connectivity index (χ2v) is 3.21. The van der Waals surface area contributed by atoms with Crippen LogP contribution in [0.2, 0.25) is 0 Å². The first-order valence-electron chi connectivity index (χ1n) is 4.25. The van der Waals surface area contributed by atoms with Crippen molar-refractivity contribution in [2.24, 2.45) is 21.9 Å². The van der Waals surface area contributed by atoms with E-state index >= 15 is 0 Å². The van der Waals surface area contributed by atoms with Gasteiger partial charge in [0, 0.05) is 0 Å². The molecule has 7 N–H and O–H groups in total. The summed E-state index contributed by atoms with van der Waals surface area (Å²) in [5.41, 5.74) is 8.03. The van der Waals surface area contributed by atoms with E-state index in [2.05, 4.69) is 10.3 Å². The standard InChI is InChI=1S/C7H11N5O4/c8-3(14)7(2-13)1-10-6(11-4(7)15)12-5(9)16/h13H,1-2H2,(H2,8,14)(H4,9,10,11,12,15,16)/t7-/m0/s1. The van der Waals surface area contributed by atoms with Crippen molar-refractivity contribution in [3.63, 3.8) is 0 Å². The Hall–Kier alpha value is -2.16. The van der Waals surface area contributed by atoms with Gasteiger partial charge in [-0.2, -0.15) is 0 Å². The molecule has 0 saturated carbocycles. The average molecular weight is 229 g/mol. The number of aliphatic hydroxyl groups is 1. The average Bonchev–Trinajstić information content (AvgIpc) is 2.17. The van der Waals surface area contributed by atoms with Gasteiger partial charge in [-0.3, -0.25) is 25.2 Å². The van der Waals surface area contributed by atoms with Gasteiger partial charge < -0.3 is 16.6 Å². The number of nitrogens with zero attached hydrogens (tertiary/aromatic N) is 1. The molecule has 0 aromatic heterocycles. The van der Waals surface area contributed by atoms with Crippen molar-refractivity contribution in [1.82, 2.24) is 10.6 Å². The van der Waals surface area contributed by atoms with Crippen LogP contribution in [0.5, 0.6) is 0 Å². The van der Waals surface area contributed by atoms with E-state index in [4.69, 9.17) is 16.6 Å². The van der Waals surface area contributed by atoms with Crippen LogP contribution in [-0.2, 0) is 9.59 Å². The predicted molar refractivity (Wildman–Crippen MR) is 51.9 cm³/mol. The molecule has 9 heteroatoms. The number of hydrogen-bond donors (Lipinski definition) is 5. The maximum absolute atomic E-state index is 11.5. The smallest absolute Gasteiger partial charge is 0.318 e. The molecule has 1 aliphatic rings. The lowest BCUT2D eigenvalue weighted by molar-refractivity contribution is -0.143. The number of hydrogen-bond acceptors (Lipinski definition) is 5. The molecule has 9 nitrogen and oxygen atoms in total. The molecular weight excluding hydrogens is 218 g/mol. The van der Waals surface area contributed by atoms with E-state index in [0.29, 0.717) is 0 Å². The molecule has 0 saturated heterocycles. The number of carbonyl (C=O) groups is 3. The van der Waals surface area contributed by atoms with Gasteiger partial charge in [-0.15, -0.1) is 0 Å². The van der Waals surface area contributed by atoms with E-state index in [1.54, 1.807) is 0 Å². The summed E-state index contributed by atoms with van der Waals surface area (Å²) in [7, 11) is 0. The Morgan fingerprint density at radius 1 is 1.56 bits per heavy atom. The molecule has 0 spiro atoms. The molecule has 0 bridgehead atoms. The van der Waals surface area contributed by atoms with Crippen LogP contribution < -0.4 is 22.1 Å². The lowest BCUT2D eigenvalue weighted by Crippen LogP contribution is -2.61. The molecule has 1 heterocycles. The van der Waals surface area contributed by atoms with Crippen LogP contribution in [0, 0.1) is 5.41 Å². The summed E-state index contributed by atoms with van der Waals surface area (Å²) in [5.74, 6) is -2.00. The number of rotatable bonds is 2. The number of carbonyl (C=O) groups excluding carboxylic acids is 3. The molecule has 1 rings (SSSR count). The third-order valence-electron chi connectivity index (χ3n) is 2.16. The van der Waals surface area contributed by atoms with Gasteiger partial charge in [-0.1, -0.05) is 0 Å². The number of guanidine groups is 1. The van der Waals surface area contributed by atoms with Crippen LogP contribution in [0.1, 0.15) is 0 Å². The van der Waals surface area contributed by atoms with Gasteiger partial charge in [-0.05, 0) is 0 Å². The number of urea groups is 1. The van der Waals surface area contributed by atoms with Crippen LogP contribution >= 0.6 is 0 Å². The van der Waals surface area contributed by atoms with E-state index in [-0.39, 0.29) is 12.5 Å². The van der Waals surface area contributed by atoms with Crippen molar-refractivity contribution in [3.05, 3.63) is 0 Å². The Morgan fingerprint density at radius 2 is 2.19 bits per heavy atom. The molecule has 0 aromatic rings. The molecular formula is C7H11N5O4. The molecule has 4 amide bonds. The second-order valence-electron chi connectivity index (χ2n) is 3.21. The first-order chi connectivity index (χ1) is 7.42. The Morgan fingerprint density at radius 3 is 2.56 bits per heavy atom. The topological polar surface area (TPSA) is 160 Å². The SMILES string of the molecule is NC(=O)NC1=NC[C@](CO)(C(N)=O)C(=O)N1. The monoisotopic (exact) mass is 229 g/mol. The van der Waals surface area contributed by atoms with Crippen LogP contribution in [0.25, 0.3) is 0 Å². The number of aliphatic imine (C=N–C) groups is 1. The van der Waals surface area contributed by atoms with Crippen molar-refractivity contribution in [2.45, 2.75) is 0 Å². The minimum absolute atomic E-state index is 0.178. The predicted octanol–water partition coefficient (Wildman–Crippen LogP) is -3.40. The van der Waals surface area contributed by atoms with E-state index in [1.807, 2.05) is 5.32 Å². The molecule has 88 valence electrons.